The Bertz CT molecular complexity index is 219. The molecule has 0 atom stereocenters. The average Bonchev–Trinajstić information content (AvgIpc) is 2.04. The van der Waals surface area contributed by atoms with E-state index in [0.717, 1.165) is 17.8 Å². The maximum Gasteiger partial charge on any atom is 0.0428 e. The molecule has 0 rings (SSSR count). The smallest absolute Gasteiger partial charge is 0.0428 e. The summed E-state index contributed by atoms with van der Waals surface area (Å²) in [6.45, 7) is 10.5. The Balaban J connectivity index is 4.62. The topological polar surface area (TPSA) is 12.4 Å². The summed E-state index contributed by atoms with van der Waals surface area (Å²) in [5.41, 5.74) is 2.27. The number of hydrogen-bond acceptors (Lipinski definition) is 1. The van der Waals surface area contributed by atoms with Crippen LogP contribution >= 0.6 is 0 Å². The SMILES string of the molecule is C\C=C/C(=N/C(C)=C/CC)C(C)C. The minimum absolute atomic E-state index is 0.497. The Morgan fingerprint density at radius 2 is 2.00 bits per heavy atom. The van der Waals surface area contributed by atoms with E-state index in [-0.39, 0.29) is 0 Å². The van der Waals surface area contributed by atoms with Gasteiger partial charge in [0.25, 0.3) is 0 Å². The van der Waals surface area contributed by atoms with E-state index in [1.807, 2.05) is 13.0 Å². The molecule has 0 aliphatic rings. The van der Waals surface area contributed by atoms with Gasteiger partial charge in [-0.1, -0.05) is 32.9 Å². The van der Waals surface area contributed by atoms with Crippen LogP contribution in [0.2, 0.25) is 0 Å². The second-order valence-electron chi connectivity index (χ2n) is 3.45. The predicted octanol–water partition coefficient (Wildman–Crippen LogP) is 3.97. The quantitative estimate of drug-likeness (QED) is 0.579. The molecule has 0 aromatic rings. The highest BCUT2D eigenvalue weighted by molar-refractivity contribution is 5.96. The van der Waals surface area contributed by atoms with Gasteiger partial charge in [-0.15, -0.1) is 0 Å². The lowest BCUT2D eigenvalue weighted by Gasteiger charge is -2.05. The zero-order chi connectivity index (χ0) is 10.3. The van der Waals surface area contributed by atoms with Crippen LogP contribution in [0.5, 0.6) is 0 Å². The highest BCUT2D eigenvalue weighted by Crippen LogP contribution is 2.05. The van der Waals surface area contributed by atoms with E-state index in [0.29, 0.717) is 5.92 Å². The Labute approximate surface area is 82.3 Å². The Morgan fingerprint density at radius 1 is 1.38 bits per heavy atom. The fourth-order valence-corrected chi connectivity index (χ4v) is 1.07. The molecule has 0 spiro atoms. The van der Waals surface area contributed by atoms with Crippen molar-refractivity contribution in [1.82, 2.24) is 0 Å². The summed E-state index contributed by atoms with van der Waals surface area (Å²) in [4.78, 5) is 4.55. The van der Waals surface area contributed by atoms with Crippen molar-refractivity contribution in [3.63, 3.8) is 0 Å². The van der Waals surface area contributed by atoms with Gasteiger partial charge in [0.15, 0.2) is 0 Å². The van der Waals surface area contributed by atoms with Crippen LogP contribution in [0, 0.1) is 5.92 Å². The maximum absolute atomic E-state index is 4.55. The molecule has 0 amide bonds. The Hall–Kier alpha value is -0.850. The lowest BCUT2D eigenvalue weighted by molar-refractivity contribution is 0.884. The third-order valence-corrected chi connectivity index (χ3v) is 1.73. The Morgan fingerprint density at radius 3 is 2.38 bits per heavy atom. The van der Waals surface area contributed by atoms with Crippen molar-refractivity contribution in [2.45, 2.75) is 41.0 Å². The number of aliphatic imine (C=N–C) groups is 1. The van der Waals surface area contributed by atoms with Gasteiger partial charge < -0.3 is 0 Å². The van der Waals surface area contributed by atoms with Crippen LogP contribution in [0.15, 0.2) is 28.9 Å². The number of nitrogens with zero attached hydrogens (tertiary/aromatic N) is 1. The van der Waals surface area contributed by atoms with Crippen molar-refractivity contribution in [3.8, 4) is 0 Å². The number of allylic oxidation sites excluding steroid dienone is 4. The van der Waals surface area contributed by atoms with E-state index in [1.54, 1.807) is 0 Å². The van der Waals surface area contributed by atoms with Crippen LogP contribution in [-0.2, 0) is 0 Å². The molecular formula is C12H21N. The summed E-state index contributed by atoms with van der Waals surface area (Å²) >= 11 is 0. The molecule has 0 aliphatic carbocycles. The minimum Gasteiger partial charge on any atom is -0.258 e. The molecule has 0 aromatic carbocycles. The van der Waals surface area contributed by atoms with Gasteiger partial charge in [0.2, 0.25) is 0 Å². The van der Waals surface area contributed by atoms with Crippen molar-refractivity contribution in [1.29, 1.82) is 0 Å². The molecule has 13 heavy (non-hydrogen) atoms. The lowest BCUT2D eigenvalue weighted by Crippen LogP contribution is -2.03. The van der Waals surface area contributed by atoms with Gasteiger partial charge in [-0.3, -0.25) is 4.99 Å². The van der Waals surface area contributed by atoms with E-state index < -0.39 is 0 Å². The summed E-state index contributed by atoms with van der Waals surface area (Å²) in [6, 6.07) is 0. The molecule has 0 saturated heterocycles. The van der Waals surface area contributed by atoms with Crippen LogP contribution in [0.4, 0.5) is 0 Å². The molecule has 0 heterocycles. The van der Waals surface area contributed by atoms with Crippen LogP contribution in [0.3, 0.4) is 0 Å². The number of rotatable bonds is 4. The largest absolute Gasteiger partial charge is 0.258 e. The molecule has 1 heteroatoms. The van der Waals surface area contributed by atoms with Gasteiger partial charge in [0.1, 0.15) is 0 Å². The third-order valence-electron chi connectivity index (χ3n) is 1.73. The molecule has 0 fully saturated rings. The second kappa shape index (κ2) is 6.64. The molecule has 0 radical (unpaired) electrons. The maximum atomic E-state index is 4.55. The van der Waals surface area contributed by atoms with Gasteiger partial charge in [0, 0.05) is 11.4 Å². The molecule has 0 aromatic heterocycles. The minimum atomic E-state index is 0.497. The molecule has 74 valence electrons. The monoisotopic (exact) mass is 179 g/mol. The molecule has 0 bridgehead atoms. The highest BCUT2D eigenvalue weighted by atomic mass is 14.7. The highest BCUT2D eigenvalue weighted by Gasteiger charge is 1.99. The zero-order valence-corrected chi connectivity index (χ0v) is 9.46. The van der Waals surface area contributed by atoms with Crippen molar-refractivity contribution in [3.05, 3.63) is 23.9 Å². The molecule has 0 aliphatic heterocycles. The first kappa shape index (κ1) is 12.2. The van der Waals surface area contributed by atoms with Crippen molar-refractivity contribution >= 4 is 5.71 Å². The predicted molar refractivity (Wildman–Crippen MR) is 61.1 cm³/mol. The molecule has 0 saturated carbocycles. The lowest BCUT2D eigenvalue weighted by atomic mass is 10.1. The summed E-state index contributed by atoms with van der Waals surface area (Å²) in [6.07, 6.45) is 7.32. The van der Waals surface area contributed by atoms with Crippen LogP contribution in [-0.4, -0.2) is 5.71 Å². The van der Waals surface area contributed by atoms with E-state index in [4.69, 9.17) is 0 Å². The van der Waals surface area contributed by atoms with Crippen LogP contribution in [0.25, 0.3) is 0 Å². The first-order valence-electron chi connectivity index (χ1n) is 4.99. The molecule has 0 unspecified atom stereocenters. The molecule has 1 nitrogen and oxygen atoms in total. The van der Waals surface area contributed by atoms with Gasteiger partial charge in [-0.05, 0) is 32.3 Å². The average molecular weight is 179 g/mol. The molecule has 0 N–H and O–H groups in total. The number of hydrogen-bond donors (Lipinski definition) is 0. The summed E-state index contributed by atoms with van der Waals surface area (Å²) < 4.78 is 0. The standard InChI is InChI=1S/C12H21N/c1-6-8-11(5)13-12(9-7-2)10(3)4/h7-10H,6H2,1-5H3/b9-7-,11-8+,13-12-. The second-order valence-corrected chi connectivity index (χ2v) is 3.45. The van der Waals surface area contributed by atoms with E-state index in [9.17, 15) is 0 Å². The van der Waals surface area contributed by atoms with E-state index >= 15 is 0 Å². The van der Waals surface area contributed by atoms with Crippen molar-refractivity contribution in [2.75, 3.05) is 0 Å². The van der Waals surface area contributed by atoms with Crippen molar-refractivity contribution < 1.29 is 0 Å². The summed E-state index contributed by atoms with van der Waals surface area (Å²) in [7, 11) is 0. The van der Waals surface area contributed by atoms with E-state index in [2.05, 4.69) is 44.8 Å². The third kappa shape index (κ3) is 5.40. The van der Waals surface area contributed by atoms with E-state index in [1.165, 1.54) is 0 Å². The molecular weight excluding hydrogens is 158 g/mol. The first-order valence-corrected chi connectivity index (χ1v) is 4.99. The zero-order valence-electron chi connectivity index (χ0n) is 9.46. The van der Waals surface area contributed by atoms with Gasteiger partial charge in [-0.2, -0.15) is 0 Å². The fraction of sp³-hybridized carbons (Fsp3) is 0.583. The van der Waals surface area contributed by atoms with Crippen LogP contribution in [0.1, 0.15) is 41.0 Å². The summed E-state index contributed by atoms with van der Waals surface area (Å²) in [5, 5.41) is 0. The normalized spacial score (nSPS) is 14.6. The van der Waals surface area contributed by atoms with Gasteiger partial charge in [0.05, 0.1) is 0 Å². The fourth-order valence-electron chi connectivity index (χ4n) is 1.07. The summed E-state index contributed by atoms with van der Waals surface area (Å²) in [5.74, 6) is 0.497. The van der Waals surface area contributed by atoms with Gasteiger partial charge >= 0.3 is 0 Å². The first-order chi connectivity index (χ1) is 6.11. The van der Waals surface area contributed by atoms with Crippen LogP contribution < -0.4 is 0 Å². The van der Waals surface area contributed by atoms with Gasteiger partial charge in [-0.25, -0.2) is 0 Å². The Kier molecular flexibility index (Phi) is 6.21. The van der Waals surface area contributed by atoms with Crippen molar-refractivity contribution in [2.24, 2.45) is 10.9 Å².